The molecule has 3 rings (SSSR count). The van der Waals surface area contributed by atoms with Crippen LogP contribution in [0.15, 0.2) is 54.6 Å². The predicted molar refractivity (Wildman–Crippen MR) is 85.4 cm³/mol. The molecule has 0 radical (unpaired) electrons. The molecule has 1 amide bonds. The van der Waals surface area contributed by atoms with Crippen molar-refractivity contribution in [2.45, 2.75) is 19.9 Å². The third-order valence-corrected chi connectivity index (χ3v) is 3.76. The number of fused-ring (bicyclic) bond motifs is 1. The highest BCUT2D eigenvalue weighted by molar-refractivity contribution is 5.98. The zero-order valence-electron chi connectivity index (χ0n) is 12.2. The fraction of sp³-hybridized carbons (Fsp3) is 0.167. The molecule has 0 fully saturated rings. The maximum absolute atomic E-state index is 12.4. The largest absolute Gasteiger partial charge is 0.350 e. The highest BCUT2D eigenvalue weighted by atomic mass is 16.1. The van der Waals surface area contributed by atoms with Crippen LogP contribution in [0.25, 0.3) is 10.9 Å². The summed E-state index contributed by atoms with van der Waals surface area (Å²) in [5.41, 5.74) is 3.86. The molecule has 0 aliphatic heterocycles. The number of aromatic nitrogens is 1. The monoisotopic (exact) mass is 278 g/mol. The van der Waals surface area contributed by atoms with Gasteiger partial charge < -0.3 is 10.3 Å². The summed E-state index contributed by atoms with van der Waals surface area (Å²) in [6, 6.07) is 17.9. The summed E-state index contributed by atoms with van der Waals surface area (Å²) in [5.74, 6) is -0.0815. The molecule has 0 saturated carbocycles. The van der Waals surface area contributed by atoms with Gasteiger partial charge >= 0.3 is 0 Å². The molecule has 1 atom stereocenters. The average Bonchev–Trinajstić information content (AvgIpc) is 2.94. The SMILES string of the molecule is Cc1cccc2cc(C(=O)NC(C)c3ccccc3)[nH]c12. The van der Waals surface area contributed by atoms with Crippen LogP contribution in [0, 0.1) is 6.92 Å². The molecule has 0 saturated heterocycles. The van der Waals surface area contributed by atoms with E-state index in [0.717, 1.165) is 22.0 Å². The summed E-state index contributed by atoms with van der Waals surface area (Å²) >= 11 is 0. The molecule has 0 aliphatic carbocycles. The van der Waals surface area contributed by atoms with Crippen molar-refractivity contribution in [2.75, 3.05) is 0 Å². The average molecular weight is 278 g/mol. The lowest BCUT2D eigenvalue weighted by Gasteiger charge is -2.13. The maximum Gasteiger partial charge on any atom is 0.268 e. The standard InChI is InChI=1S/C18H18N2O/c1-12-7-6-10-15-11-16(20-17(12)15)18(21)19-13(2)14-8-4-3-5-9-14/h3-11,13,20H,1-2H3,(H,19,21). The van der Waals surface area contributed by atoms with Gasteiger partial charge in [-0.05, 0) is 31.0 Å². The van der Waals surface area contributed by atoms with Crippen LogP contribution in [-0.2, 0) is 0 Å². The van der Waals surface area contributed by atoms with Crippen molar-refractivity contribution in [3.05, 3.63) is 71.4 Å². The Morgan fingerprint density at radius 2 is 1.86 bits per heavy atom. The number of carbonyl (C=O) groups excluding carboxylic acids is 1. The molecule has 0 spiro atoms. The second-order valence-electron chi connectivity index (χ2n) is 5.33. The molecule has 1 heterocycles. The molecule has 0 bridgehead atoms. The first-order valence-electron chi connectivity index (χ1n) is 7.09. The summed E-state index contributed by atoms with van der Waals surface area (Å²) < 4.78 is 0. The summed E-state index contributed by atoms with van der Waals surface area (Å²) in [7, 11) is 0. The minimum atomic E-state index is -0.0815. The summed E-state index contributed by atoms with van der Waals surface area (Å²) in [6.07, 6.45) is 0. The number of hydrogen-bond donors (Lipinski definition) is 2. The number of aromatic amines is 1. The molecule has 3 nitrogen and oxygen atoms in total. The Kier molecular flexibility index (Phi) is 3.48. The zero-order valence-corrected chi connectivity index (χ0v) is 12.2. The first kappa shape index (κ1) is 13.4. The van der Waals surface area contributed by atoms with E-state index in [9.17, 15) is 4.79 Å². The number of carbonyl (C=O) groups is 1. The first-order valence-corrected chi connectivity index (χ1v) is 7.09. The summed E-state index contributed by atoms with van der Waals surface area (Å²) in [6.45, 7) is 4.02. The number of nitrogens with one attached hydrogen (secondary N) is 2. The molecular weight excluding hydrogens is 260 g/mol. The molecule has 2 N–H and O–H groups in total. The number of para-hydroxylation sites is 1. The Morgan fingerprint density at radius 1 is 1.10 bits per heavy atom. The van der Waals surface area contributed by atoms with E-state index in [1.54, 1.807) is 0 Å². The highest BCUT2D eigenvalue weighted by Crippen LogP contribution is 2.19. The van der Waals surface area contributed by atoms with Crippen LogP contribution in [0.3, 0.4) is 0 Å². The van der Waals surface area contributed by atoms with E-state index >= 15 is 0 Å². The van der Waals surface area contributed by atoms with Crippen molar-refractivity contribution in [3.8, 4) is 0 Å². The smallest absolute Gasteiger partial charge is 0.268 e. The molecule has 106 valence electrons. The fourth-order valence-corrected chi connectivity index (χ4v) is 2.53. The van der Waals surface area contributed by atoms with Gasteiger partial charge in [0.1, 0.15) is 5.69 Å². The molecule has 0 aliphatic rings. The number of H-pyrrole nitrogens is 1. The van der Waals surface area contributed by atoms with Gasteiger partial charge in [0.25, 0.3) is 5.91 Å². The Labute approximate surface area is 124 Å². The lowest BCUT2D eigenvalue weighted by Crippen LogP contribution is -2.26. The minimum Gasteiger partial charge on any atom is -0.350 e. The van der Waals surface area contributed by atoms with Crippen molar-refractivity contribution < 1.29 is 4.79 Å². The normalized spacial score (nSPS) is 12.3. The number of rotatable bonds is 3. The second kappa shape index (κ2) is 5.44. The molecule has 1 unspecified atom stereocenters. The van der Waals surface area contributed by atoms with E-state index < -0.39 is 0 Å². The molecule has 21 heavy (non-hydrogen) atoms. The number of aryl methyl sites for hydroxylation is 1. The Balaban J connectivity index is 1.82. The van der Waals surface area contributed by atoms with Gasteiger partial charge in [-0.15, -0.1) is 0 Å². The summed E-state index contributed by atoms with van der Waals surface area (Å²) in [4.78, 5) is 15.6. The number of hydrogen-bond acceptors (Lipinski definition) is 1. The maximum atomic E-state index is 12.4. The second-order valence-corrected chi connectivity index (χ2v) is 5.33. The van der Waals surface area contributed by atoms with E-state index in [2.05, 4.69) is 10.3 Å². The minimum absolute atomic E-state index is 0.0220. The number of benzene rings is 2. The lowest BCUT2D eigenvalue weighted by atomic mass is 10.1. The lowest BCUT2D eigenvalue weighted by molar-refractivity contribution is 0.0935. The van der Waals surface area contributed by atoms with E-state index in [0.29, 0.717) is 5.69 Å². The van der Waals surface area contributed by atoms with Gasteiger partial charge in [0.2, 0.25) is 0 Å². The highest BCUT2D eigenvalue weighted by Gasteiger charge is 2.13. The van der Waals surface area contributed by atoms with Crippen LogP contribution in [-0.4, -0.2) is 10.9 Å². The topological polar surface area (TPSA) is 44.9 Å². The van der Waals surface area contributed by atoms with Gasteiger partial charge in [-0.1, -0.05) is 48.5 Å². The zero-order chi connectivity index (χ0) is 14.8. The van der Waals surface area contributed by atoms with E-state index in [4.69, 9.17) is 0 Å². The van der Waals surface area contributed by atoms with E-state index in [1.807, 2.05) is 68.4 Å². The van der Waals surface area contributed by atoms with Gasteiger partial charge in [-0.25, -0.2) is 0 Å². The Morgan fingerprint density at radius 3 is 2.57 bits per heavy atom. The summed E-state index contributed by atoms with van der Waals surface area (Å²) in [5, 5.41) is 4.09. The van der Waals surface area contributed by atoms with Gasteiger partial charge in [0.15, 0.2) is 0 Å². The molecule has 1 aromatic heterocycles. The molecule has 3 heteroatoms. The van der Waals surface area contributed by atoms with Crippen molar-refractivity contribution in [1.29, 1.82) is 0 Å². The van der Waals surface area contributed by atoms with Crippen LogP contribution < -0.4 is 5.32 Å². The van der Waals surface area contributed by atoms with Crippen LogP contribution in [0.2, 0.25) is 0 Å². The van der Waals surface area contributed by atoms with Crippen LogP contribution in [0.5, 0.6) is 0 Å². The van der Waals surface area contributed by atoms with E-state index in [-0.39, 0.29) is 11.9 Å². The molecule has 3 aromatic rings. The van der Waals surface area contributed by atoms with Crippen molar-refractivity contribution >= 4 is 16.8 Å². The first-order chi connectivity index (χ1) is 10.1. The van der Waals surface area contributed by atoms with Crippen molar-refractivity contribution in [2.24, 2.45) is 0 Å². The Hall–Kier alpha value is -2.55. The van der Waals surface area contributed by atoms with Gasteiger partial charge in [-0.3, -0.25) is 4.79 Å². The van der Waals surface area contributed by atoms with Crippen LogP contribution in [0.4, 0.5) is 0 Å². The number of amides is 1. The van der Waals surface area contributed by atoms with Crippen molar-refractivity contribution in [1.82, 2.24) is 10.3 Å². The third-order valence-electron chi connectivity index (χ3n) is 3.76. The van der Waals surface area contributed by atoms with Crippen LogP contribution in [0.1, 0.15) is 34.6 Å². The van der Waals surface area contributed by atoms with Crippen molar-refractivity contribution in [3.63, 3.8) is 0 Å². The van der Waals surface area contributed by atoms with Gasteiger partial charge in [0.05, 0.1) is 6.04 Å². The van der Waals surface area contributed by atoms with Gasteiger partial charge in [-0.2, -0.15) is 0 Å². The fourth-order valence-electron chi connectivity index (χ4n) is 2.53. The molecule has 2 aromatic carbocycles. The predicted octanol–water partition coefficient (Wildman–Crippen LogP) is 3.97. The molecular formula is C18H18N2O. The van der Waals surface area contributed by atoms with Gasteiger partial charge in [0, 0.05) is 10.9 Å². The van der Waals surface area contributed by atoms with E-state index in [1.165, 1.54) is 0 Å². The Bertz CT molecular complexity index is 774. The third kappa shape index (κ3) is 2.68. The van der Waals surface area contributed by atoms with Crippen LogP contribution >= 0.6 is 0 Å². The quantitative estimate of drug-likeness (QED) is 0.748.